The maximum atomic E-state index is 14.5. The molecule has 8 heteroatoms. The normalized spacial score (nSPS) is 10.7. The molecule has 0 aliphatic carbocycles. The van der Waals surface area contributed by atoms with E-state index in [9.17, 15) is 18.4 Å². The van der Waals surface area contributed by atoms with Crippen molar-refractivity contribution < 1.29 is 23.1 Å². The van der Waals surface area contributed by atoms with E-state index in [2.05, 4.69) is 9.84 Å². The third-order valence-corrected chi connectivity index (χ3v) is 3.78. The van der Waals surface area contributed by atoms with Gasteiger partial charge in [-0.25, -0.2) is 18.6 Å². The summed E-state index contributed by atoms with van der Waals surface area (Å²) < 4.78 is 33.0. The van der Waals surface area contributed by atoms with Crippen LogP contribution in [-0.2, 0) is 4.74 Å². The van der Waals surface area contributed by atoms with E-state index in [0.29, 0.717) is 0 Å². The minimum atomic E-state index is -0.705. The minimum Gasteiger partial charge on any atom is -0.465 e. The number of anilines is 1. The number of carbonyl (C=O) groups excluding carboxylic acids is 2. The molecule has 0 fully saturated rings. The van der Waals surface area contributed by atoms with Crippen LogP contribution in [-0.4, -0.2) is 51.4 Å². The van der Waals surface area contributed by atoms with Gasteiger partial charge >= 0.3 is 5.97 Å². The number of rotatable bonds is 5. The number of hydrazone groups is 1. The van der Waals surface area contributed by atoms with Gasteiger partial charge < -0.3 is 9.64 Å². The first-order chi connectivity index (χ1) is 12.8. The molecular weight excluding hydrogens is 356 g/mol. The molecule has 0 saturated heterocycles. The molecule has 0 N–H and O–H groups in total. The van der Waals surface area contributed by atoms with Gasteiger partial charge in [-0.1, -0.05) is 6.07 Å². The fraction of sp³-hybridized carbons (Fsp3) is 0.211. The Morgan fingerprint density at radius 2 is 1.81 bits per heavy atom. The monoisotopic (exact) mass is 375 g/mol. The Hall–Kier alpha value is -3.29. The van der Waals surface area contributed by atoms with Gasteiger partial charge in [0, 0.05) is 26.7 Å². The first-order valence-corrected chi connectivity index (χ1v) is 7.92. The van der Waals surface area contributed by atoms with Gasteiger partial charge in [-0.2, -0.15) is 5.10 Å². The topological polar surface area (TPSA) is 62.2 Å². The highest BCUT2D eigenvalue weighted by Crippen LogP contribution is 2.21. The molecule has 6 nitrogen and oxygen atoms in total. The predicted octanol–water partition coefficient (Wildman–Crippen LogP) is 2.92. The second-order valence-electron chi connectivity index (χ2n) is 5.83. The largest absolute Gasteiger partial charge is 0.465 e. The van der Waals surface area contributed by atoms with E-state index in [0.717, 1.165) is 17.3 Å². The zero-order chi connectivity index (χ0) is 20.1. The van der Waals surface area contributed by atoms with Crippen LogP contribution in [0.4, 0.5) is 14.5 Å². The van der Waals surface area contributed by atoms with Crippen molar-refractivity contribution in [2.75, 3.05) is 33.2 Å². The Morgan fingerprint density at radius 1 is 1.11 bits per heavy atom. The number of ether oxygens (including phenoxy) is 1. The SMILES string of the molecule is COC(=O)c1ccc(/C=N/N(C)C(=O)c2cccc(N(C)C)c2F)c(F)c1. The van der Waals surface area contributed by atoms with Crippen LogP contribution < -0.4 is 4.90 Å². The zero-order valence-corrected chi connectivity index (χ0v) is 15.4. The van der Waals surface area contributed by atoms with Crippen LogP contribution >= 0.6 is 0 Å². The van der Waals surface area contributed by atoms with Crippen molar-refractivity contribution in [2.45, 2.75) is 0 Å². The molecular formula is C19H19F2N3O3. The van der Waals surface area contributed by atoms with Crippen molar-refractivity contribution in [3.05, 3.63) is 64.7 Å². The summed E-state index contributed by atoms with van der Waals surface area (Å²) >= 11 is 0. The van der Waals surface area contributed by atoms with Crippen molar-refractivity contribution in [1.82, 2.24) is 5.01 Å². The van der Waals surface area contributed by atoms with Crippen LogP contribution in [0.5, 0.6) is 0 Å². The lowest BCUT2D eigenvalue weighted by molar-refractivity contribution is 0.0600. The lowest BCUT2D eigenvalue weighted by atomic mass is 10.1. The van der Waals surface area contributed by atoms with Crippen molar-refractivity contribution in [3.8, 4) is 0 Å². The van der Waals surface area contributed by atoms with E-state index < -0.39 is 23.5 Å². The second-order valence-corrected chi connectivity index (χ2v) is 5.83. The molecule has 2 rings (SSSR count). The standard InChI is InChI=1S/C19H19F2N3O3/c1-23(2)16-7-5-6-14(17(16)21)18(25)24(3)22-11-13-9-8-12(10-15(13)20)19(26)27-4/h5-11H,1-4H3/b22-11+. The van der Waals surface area contributed by atoms with E-state index in [4.69, 9.17) is 0 Å². The Bertz CT molecular complexity index is 898. The van der Waals surface area contributed by atoms with E-state index in [1.807, 2.05) is 0 Å². The predicted molar refractivity (Wildman–Crippen MR) is 98.2 cm³/mol. The van der Waals surface area contributed by atoms with Gasteiger partial charge in [0.05, 0.1) is 30.1 Å². The van der Waals surface area contributed by atoms with E-state index in [1.165, 1.54) is 32.4 Å². The Balaban J connectivity index is 2.22. The molecule has 0 aliphatic rings. The molecule has 0 unspecified atom stereocenters. The molecule has 2 aromatic rings. The van der Waals surface area contributed by atoms with Gasteiger partial charge in [0.15, 0.2) is 5.82 Å². The summed E-state index contributed by atoms with van der Waals surface area (Å²) in [4.78, 5) is 25.4. The van der Waals surface area contributed by atoms with E-state index in [-0.39, 0.29) is 22.4 Å². The molecule has 0 aliphatic heterocycles. The van der Waals surface area contributed by atoms with Crippen molar-refractivity contribution in [3.63, 3.8) is 0 Å². The first-order valence-electron chi connectivity index (χ1n) is 7.92. The average molecular weight is 375 g/mol. The van der Waals surface area contributed by atoms with Gasteiger partial charge in [0.2, 0.25) is 0 Å². The molecule has 0 atom stereocenters. The fourth-order valence-electron chi connectivity index (χ4n) is 2.28. The van der Waals surface area contributed by atoms with Gasteiger partial charge in [0.1, 0.15) is 5.82 Å². The summed E-state index contributed by atoms with van der Waals surface area (Å²) in [5.74, 6) is -2.72. The molecule has 0 radical (unpaired) electrons. The van der Waals surface area contributed by atoms with Crippen molar-refractivity contribution >= 4 is 23.8 Å². The molecule has 142 valence electrons. The van der Waals surface area contributed by atoms with Crippen LogP contribution in [0.3, 0.4) is 0 Å². The van der Waals surface area contributed by atoms with Crippen molar-refractivity contribution in [1.29, 1.82) is 0 Å². The summed E-state index contributed by atoms with van der Waals surface area (Å²) in [6.45, 7) is 0. The number of halogens is 2. The Morgan fingerprint density at radius 3 is 2.41 bits per heavy atom. The van der Waals surface area contributed by atoms with Crippen LogP contribution in [0, 0.1) is 11.6 Å². The quantitative estimate of drug-likeness (QED) is 0.458. The molecule has 0 saturated carbocycles. The van der Waals surface area contributed by atoms with E-state index in [1.54, 1.807) is 31.1 Å². The fourth-order valence-corrected chi connectivity index (χ4v) is 2.28. The van der Waals surface area contributed by atoms with Crippen LogP contribution in [0.2, 0.25) is 0 Å². The van der Waals surface area contributed by atoms with Gasteiger partial charge in [-0.15, -0.1) is 0 Å². The number of esters is 1. The maximum Gasteiger partial charge on any atom is 0.337 e. The van der Waals surface area contributed by atoms with Gasteiger partial charge in [-0.3, -0.25) is 4.79 Å². The highest BCUT2D eigenvalue weighted by Gasteiger charge is 2.19. The minimum absolute atomic E-state index is 0.0548. The molecule has 0 heterocycles. The Kier molecular flexibility index (Phi) is 6.23. The lowest BCUT2D eigenvalue weighted by Gasteiger charge is -2.17. The summed E-state index contributed by atoms with van der Waals surface area (Å²) in [7, 11) is 5.85. The van der Waals surface area contributed by atoms with Crippen LogP contribution in [0.25, 0.3) is 0 Å². The van der Waals surface area contributed by atoms with Crippen LogP contribution in [0.15, 0.2) is 41.5 Å². The van der Waals surface area contributed by atoms with Gasteiger partial charge in [0.25, 0.3) is 5.91 Å². The highest BCUT2D eigenvalue weighted by atomic mass is 19.1. The number of benzene rings is 2. The number of hydrogen-bond acceptors (Lipinski definition) is 5. The number of amides is 1. The van der Waals surface area contributed by atoms with Crippen molar-refractivity contribution in [2.24, 2.45) is 5.10 Å². The molecule has 0 bridgehead atoms. The highest BCUT2D eigenvalue weighted by molar-refractivity contribution is 5.96. The summed E-state index contributed by atoms with van der Waals surface area (Å²) in [5, 5.41) is 4.77. The Labute approximate surface area is 155 Å². The first kappa shape index (κ1) is 20.0. The van der Waals surface area contributed by atoms with Gasteiger partial charge in [-0.05, 0) is 30.3 Å². The zero-order valence-electron chi connectivity index (χ0n) is 15.4. The number of nitrogens with zero attached hydrogens (tertiary/aromatic N) is 3. The average Bonchev–Trinajstić information content (AvgIpc) is 2.65. The number of methoxy groups -OCH3 is 1. The molecule has 0 aromatic heterocycles. The van der Waals surface area contributed by atoms with Crippen LogP contribution in [0.1, 0.15) is 26.3 Å². The number of hydrogen-bond donors (Lipinski definition) is 0. The molecule has 0 spiro atoms. The third kappa shape index (κ3) is 4.46. The smallest absolute Gasteiger partial charge is 0.337 e. The lowest BCUT2D eigenvalue weighted by Crippen LogP contribution is -2.23. The summed E-state index contributed by atoms with van der Waals surface area (Å²) in [6.07, 6.45) is 1.11. The van der Waals surface area contributed by atoms with E-state index >= 15 is 0 Å². The summed E-state index contributed by atoms with van der Waals surface area (Å²) in [5.41, 5.74) is 0.231. The second kappa shape index (κ2) is 8.39. The molecule has 27 heavy (non-hydrogen) atoms. The third-order valence-electron chi connectivity index (χ3n) is 3.78. The summed E-state index contributed by atoms with van der Waals surface area (Å²) in [6, 6.07) is 8.18. The maximum absolute atomic E-state index is 14.5. The number of carbonyl (C=O) groups is 2. The molecule has 1 amide bonds. The molecule has 2 aromatic carbocycles.